The topological polar surface area (TPSA) is 23.5 Å². The predicted molar refractivity (Wildman–Crippen MR) is 87.5 cm³/mol. The number of rotatable bonds is 3. The van der Waals surface area contributed by atoms with Gasteiger partial charge in [-0.25, -0.2) is 0 Å². The first-order chi connectivity index (χ1) is 10.1. The maximum Gasteiger partial charge on any atom is 0.104 e. The fraction of sp³-hybridized carbons (Fsp3) is 0.368. The van der Waals surface area contributed by atoms with E-state index in [1.165, 1.54) is 11.3 Å². The van der Waals surface area contributed by atoms with Crippen molar-refractivity contribution in [2.24, 2.45) is 5.92 Å². The molecular weight excluding hydrogens is 258 g/mol. The summed E-state index contributed by atoms with van der Waals surface area (Å²) in [7, 11) is 0. The Hall–Kier alpha value is -1.80. The van der Waals surface area contributed by atoms with Crippen molar-refractivity contribution < 1.29 is 5.11 Å². The average Bonchev–Trinajstić information content (AvgIpc) is 2.47. The van der Waals surface area contributed by atoms with Crippen LogP contribution in [0, 0.1) is 5.92 Å². The van der Waals surface area contributed by atoms with Crippen LogP contribution in [0.25, 0.3) is 0 Å². The van der Waals surface area contributed by atoms with Gasteiger partial charge in [0.2, 0.25) is 0 Å². The Morgan fingerprint density at radius 2 is 1.76 bits per heavy atom. The van der Waals surface area contributed by atoms with Gasteiger partial charge in [0.1, 0.15) is 5.60 Å². The minimum atomic E-state index is -0.842. The molecule has 1 N–H and O–H groups in total. The maximum absolute atomic E-state index is 10.9. The number of nitrogens with zero attached hydrogens (tertiary/aromatic N) is 1. The lowest BCUT2D eigenvalue weighted by Gasteiger charge is -2.39. The van der Waals surface area contributed by atoms with E-state index in [9.17, 15) is 5.11 Å². The van der Waals surface area contributed by atoms with Crippen molar-refractivity contribution in [3.8, 4) is 0 Å². The Labute approximate surface area is 127 Å². The van der Waals surface area contributed by atoms with E-state index >= 15 is 0 Å². The van der Waals surface area contributed by atoms with Gasteiger partial charge in [-0.2, -0.15) is 0 Å². The van der Waals surface area contributed by atoms with Crippen LogP contribution in [0.2, 0.25) is 0 Å². The van der Waals surface area contributed by atoms with E-state index in [-0.39, 0.29) is 0 Å². The van der Waals surface area contributed by atoms with Crippen LogP contribution in [0.15, 0.2) is 54.6 Å². The third-order valence-electron chi connectivity index (χ3n) is 4.33. The Kier molecular flexibility index (Phi) is 3.73. The molecule has 1 aliphatic heterocycles. The largest absolute Gasteiger partial charge is 0.384 e. The molecular formula is C19H23NO. The molecule has 2 aromatic carbocycles. The van der Waals surface area contributed by atoms with Crippen LogP contribution in [0.1, 0.15) is 25.0 Å². The molecule has 0 fully saturated rings. The van der Waals surface area contributed by atoms with Crippen molar-refractivity contribution in [3.05, 3.63) is 65.7 Å². The predicted octanol–water partition coefficient (Wildman–Crippen LogP) is 3.59. The van der Waals surface area contributed by atoms with Crippen LogP contribution >= 0.6 is 0 Å². The van der Waals surface area contributed by atoms with Crippen molar-refractivity contribution in [3.63, 3.8) is 0 Å². The quantitative estimate of drug-likeness (QED) is 0.929. The van der Waals surface area contributed by atoms with Gasteiger partial charge >= 0.3 is 0 Å². The van der Waals surface area contributed by atoms with Crippen molar-refractivity contribution in [1.82, 2.24) is 0 Å². The Balaban J connectivity index is 1.88. The molecule has 110 valence electrons. The molecule has 21 heavy (non-hydrogen) atoms. The molecule has 0 amide bonds. The lowest BCUT2D eigenvalue weighted by atomic mass is 9.90. The number of anilines is 1. The molecule has 2 unspecified atom stereocenters. The Morgan fingerprint density at radius 1 is 1.10 bits per heavy atom. The first-order valence-electron chi connectivity index (χ1n) is 7.67. The monoisotopic (exact) mass is 281 g/mol. The van der Waals surface area contributed by atoms with Crippen LogP contribution in [-0.2, 0) is 12.0 Å². The summed E-state index contributed by atoms with van der Waals surface area (Å²) in [5.41, 5.74) is 2.79. The molecule has 1 aliphatic rings. The van der Waals surface area contributed by atoms with E-state index in [1.54, 1.807) is 0 Å². The van der Waals surface area contributed by atoms with Crippen molar-refractivity contribution in [1.29, 1.82) is 0 Å². The number of benzene rings is 2. The normalized spacial score (nSPS) is 20.7. The maximum atomic E-state index is 10.9. The fourth-order valence-corrected chi connectivity index (χ4v) is 3.32. The molecule has 2 nitrogen and oxygen atoms in total. The van der Waals surface area contributed by atoms with Gasteiger partial charge in [0.25, 0.3) is 0 Å². The first kappa shape index (κ1) is 14.2. The third-order valence-corrected chi connectivity index (χ3v) is 4.33. The van der Waals surface area contributed by atoms with Crippen LogP contribution < -0.4 is 4.90 Å². The number of para-hydroxylation sites is 1. The molecule has 0 aliphatic carbocycles. The van der Waals surface area contributed by atoms with Crippen LogP contribution in [0.3, 0.4) is 0 Å². The lowest BCUT2D eigenvalue weighted by Crippen LogP contribution is -2.43. The first-order valence-corrected chi connectivity index (χ1v) is 7.67. The average molecular weight is 281 g/mol. The van der Waals surface area contributed by atoms with Crippen LogP contribution in [0.4, 0.5) is 5.69 Å². The highest BCUT2D eigenvalue weighted by Crippen LogP contribution is 2.32. The number of aliphatic hydroxyl groups is 1. The van der Waals surface area contributed by atoms with Crippen LogP contribution in [0.5, 0.6) is 0 Å². The van der Waals surface area contributed by atoms with Crippen LogP contribution in [-0.4, -0.2) is 18.2 Å². The number of β-amino-alcohol motifs (C(OH)–C–C–N with tert-alkyl or cyclic N) is 1. The molecule has 2 heteroatoms. The number of hydrogen-bond acceptors (Lipinski definition) is 2. The smallest absolute Gasteiger partial charge is 0.104 e. The van der Waals surface area contributed by atoms with Gasteiger partial charge in [0, 0.05) is 12.2 Å². The lowest BCUT2D eigenvalue weighted by molar-refractivity contribution is 0.0634. The second-order valence-corrected chi connectivity index (χ2v) is 6.46. The second-order valence-electron chi connectivity index (χ2n) is 6.46. The van der Waals surface area contributed by atoms with E-state index in [2.05, 4.69) is 36.1 Å². The van der Waals surface area contributed by atoms with Gasteiger partial charge in [-0.1, -0.05) is 55.5 Å². The number of fused-ring (bicyclic) bond motifs is 1. The highest BCUT2D eigenvalue weighted by molar-refractivity contribution is 5.56. The molecule has 0 bridgehead atoms. The number of hydrogen-bond donors (Lipinski definition) is 1. The minimum Gasteiger partial charge on any atom is -0.384 e. The van der Waals surface area contributed by atoms with Gasteiger partial charge < -0.3 is 10.0 Å². The van der Waals surface area contributed by atoms with Crippen molar-refractivity contribution in [2.75, 3.05) is 18.0 Å². The molecule has 0 saturated carbocycles. The molecule has 2 aromatic rings. The van der Waals surface area contributed by atoms with Gasteiger partial charge in [-0.3, -0.25) is 0 Å². The Bertz CT molecular complexity index is 606. The third kappa shape index (κ3) is 2.96. The fourth-order valence-electron chi connectivity index (χ4n) is 3.32. The zero-order valence-corrected chi connectivity index (χ0v) is 12.8. The molecule has 0 aromatic heterocycles. The summed E-state index contributed by atoms with van der Waals surface area (Å²) >= 11 is 0. The van der Waals surface area contributed by atoms with E-state index in [4.69, 9.17) is 0 Å². The summed E-state index contributed by atoms with van der Waals surface area (Å²) < 4.78 is 0. The molecule has 0 saturated heterocycles. The summed E-state index contributed by atoms with van der Waals surface area (Å²) in [5, 5.41) is 10.9. The molecule has 0 spiro atoms. The van der Waals surface area contributed by atoms with E-state index in [1.807, 2.05) is 37.3 Å². The highest BCUT2D eigenvalue weighted by Gasteiger charge is 2.30. The Morgan fingerprint density at radius 3 is 2.52 bits per heavy atom. The van der Waals surface area contributed by atoms with Gasteiger partial charge in [-0.15, -0.1) is 0 Å². The summed E-state index contributed by atoms with van der Waals surface area (Å²) in [4.78, 5) is 2.33. The van der Waals surface area contributed by atoms with E-state index in [0.29, 0.717) is 12.5 Å². The van der Waals surface area contributed by atoms with E-state index < -0.39 is 5.60 Å². The molecule has 2 atom stereocenters. The zero-order valence-electron chi connectivity index (χ0n) is 12.8. The molecule has 3 rings (SSSR count). The second kappa shape index (κ2) is 5.53. The molecule has 0 radical (unpaired) electrons. The van der Waals surface area contributed by atoms with E-state index in [0.717, 1.165) is 18.5 Å². The SMILES string of the molecule is CC1Cc2ccccc2N(CC(C)(O)c2ccccc2)C1. The van der Waals surface area contributed by atoms with Gasteiger partial charge in [0.05, 0.1) is 6.54 Å². The zero-order chi connectivity index (χ0) is 14.9. The highest BCUT2D eigenvalue weighted by atomic mass is 16.3. The van der Waals surface area contributed by atoms with Crippen molar-refractivity contribution >= 4 is 5.69 Å². The standard InChI is InChI=1S/C19H23NO/c1-15-12-16-8-6-7-11-18(16)20(13-15)14-19(2,21)17-9-4-3-5-10-17/h3-11,15,21H,12-14H2,1-2H3. The van der Waals surface area contributed by atoms with Gasteiger partial charge in [0.15, 0.2) is 0 Å². The summed E-state index contributed by atoms with van der Waals surface area (Å²) in [6.45, 7) is 5.81. The molecule has 1 heterocycles. The summed E-state index contributed by atoms with van der Waals surface area (Å²) in [5.74, 6) is 0.617. The van der Waals surface area contributed by atoms with Gasteiger partial charge in [-0.05, 0) is 36.5 Å². The minimum absolute atomic E-state index is 0.617. The van der Waals surface area contributed by atoms with Crippen molar-refractivity contribution in [2.45, 2.75) is 25.9 Å². The summed E-state index contributed by atoms with van der Waals surface area (Å²) in [6, 6.07) is 18.5. The summed E-state index contributed by atoms with van der Waals surface area (Å²) in [6.07, 6.45) is 1.13.